The van der Waals surface area contributed by atoms with Crippen molar-refractivity contribution in [2.75, 3.05) is 6.54 Å². The summed E-state index contributed by atoms with van der Waals surface area (Å²) in [6.45, 7) is 4.64. The zero-order valence-electron chi connectivity index (χ0n) is 11.1. The lowest BCUT2D eigenvalue weighted by Crippen LogP contribution is -2.17. The molecule has 1 atom stereocenters. The van der Waals surface area contributed by atoms with Gasteiger partial charge in [0.1, 0.15) is 5.56 Å². The summed E-state index contributed by atoms with van der Waals surface area (Å²) in [6.07, 6.45) is 1.46. The molecule has 1 aromatic heterocycles. The molecule has 0 amide bonds. The molecule has 0 aliphatic rings. The molecule has 0 saturated heterocycles. The topological polar surface area (TPSA) is 81.2 Å². The smallest absolute Gasteiger partial charge is 0.281 e. The van der Waals surface area contributed by atoms with Gasteiger partial charge in [-0.1, -0.05) is 24.6 Å². The van der Waals surface area contributed by atoms with Crippen LogP contribution in [0.15, 0.2) is 28.8 Å². The number of nitrogens with one attached hydrogen (secondary N) is 1. The number of nitrogens with zero attached hydrogens (tertiary/aromatic N) is 2. The summed E-state index contributed by atoms with van der Waals surface area (Å²) < 4.78 is 5.59. The number of aromatic nitrogens is 1. The van der Waals surface area contributed by atoms with Crippen molar-refractivity contribution in [3.8, 4) is 11.3 Å². The van der Waals surface area contributed by atoms with Gasteiger partial charge in [-0.3, -0.25) is 10.1 Å². The Hall–Kier alpha value is -1.92. The van der Waals surface area contributed by atoms with E-state index in [1.807, 2.05) is 13.8 Å². The maximum Gasteiger partial charge on any atom is 0.281 e. The predicted molar refractivity (Wildman–Crippen MR) is 75.7 cm³/mol. The van der Waals surface area contributed by atoms with E-state index in [0.717, 1.165) is 6.54 Å². The SMILES string of the molecule is CCNC(C)c1ncc(-c2c(Cl)cccc2[N+](=O)[O-])o1. The number of hydrogen-bond donors (Lipinski definition) is 1. The van der Waals surface area contributed by atoms with Gasteiger partial charge in [-0.15, -0.1) is 0 Å². The second kappa shape index (κ2) is 6.02. The van der Waals surface area contributed by atoms with Crippen LogP contribution in [0, 0.1) is 10.1 Å². The number of rotatable bonds is 5. The molecule has 1 heterocycles. The lowest BCUT2D eigenvalue weighted by Gasteiger charge is -2.07. The van der Waals surface area contributed by atoms with E-state index in [1.54, 1.807) is 6.07 Å². The van der Waals surface area contributed by atoms with Crippen molar-refractivity contribution in [3.63, 3.8) is 0 Å². The van der Waals surface area contributed by atoms with E-state index in [2.05, 4.69) is 10.3 Å². The fourth-order valence-corrected chi connectivity index (χ4v) is 2.17. The average molecular weight is 296 g/mol. The summed E-state index contributed by atoms with van der Waals surface area (Å²) in [6, 6.07) is 4.43. The maximum atomic E-state index is 11.1. The third kappa shape index (κ3) is 2.81. The van der Waals surface area contributed by atoms with Crippen LogP contribution in [0.4, 0.5) is 5.69 Å². The van der Waals surface area contributed by atoms with Crippen LogP contribution in [0.1, 0.15) is 25.8 Å². The minimum atomic E-state index is -0.489. The van der Waals surface area contributed by atoms with Crippen LogP contribution in [0.3, 0.4) is 0 Å². The summed E-state index contributed by atoms with van der Waals surface area (Å²) >= 11 is 6.05. The van der Waals surface area contributed by atoms with Crippen molar-refractivity contribution in [1.82, 2.24) is 10.3 Å². The highest BCUT2D eigenvalue weighted by atomic mass is 35.5. The van der Waals surface area contributed by atoms with E-state index in [4.69, 9.17) is 16.0 Å². The molecule has 7 heteroatoms. The highest BCUT2D eigenvalue weighted by molar-refractivity contribution is 6.33. The Morgan fingerprint density at radius 3 is 2.95 bits per heavy atom. The molecule has 0 spiro atoms. The van der Waals surface area contributed by atoms with Crippen molar-refractivity contribution in [2.24, 2.45) is 0 Å². The van der Waals surface area contributed by atoms with E-state index in [1.165, 1.54) is 18.3 Å². The molecule has 2 rings (SSSR count). The fourth-order valence-electron chi connectivity index (χ4n) is 1.91. The van der Waals surface area contributed by atoms with Crippen LogP contribution in [-0.4, -0.2) is 16.5 Å². The average Bonchev–Trinajstić information content (AvgIpc) is 2.88. The molecule has 0 aliphatic carbocycles. The molecular formula is C13H14ClN3O3. The molecule has 1 unspecified atom stereocenters. The zero-order valence-corrected chi connectivity index (χ0v) is 11.8. The minimum absolute atomic E-state index is 0.0738. The van der Waals surface area contributed by atoms with E-state index < -0.39 is 4.92 Å². The van der Waals surface area contributed by atoms with Crippen molar-refractivity contribution in [3.05, 3.63) is 45.4 Å². The van der Waals surface area contributed by atoms with E-state index in [9.17, 15) is 10.1 Å². The maximum absolute atomic E-state index is 11.1. The summed E-state index contributed by atoms with van der Waals surface area (Å²) in [5.74, 6) is 0.762. The second-order valence-electron chi connectivity index (χ2n) is 4.23. The molecule has 6 nitrogen and oxygen atoms in total. The van der Waals surface area contributed by atoms with Crippen LogP contribution in [0.2, 0.25) is 5.02 Å². The molecule has 1 aromatic carbocycles. The molecule has 0 radical (unpaired) electrons. The minimum Gasteiger partial charge on any atom is -0.439 e. The predicted octanol–water partition coefficient (Wildman–Crippen LogP) is 3.57. The van der Waals surface area contributed by atoms with Gasteiger partial charge in [-0.25, -0.2) is 4.98 Å². The normalized spacial score (nSPS) is 12.3. The molecule has 2 aromatic rings. The fraction of sp³-hybridized carbons (Fsp3) is 0.308. The lowest BCUT2D eigenvalue weighted by atomic mass is 10.1. The first-order chi connectivity index (χ1) is 9.54. The summed E-state index contributed by atoms with van der Waals surface area (Å²) in [5.41, 5.74) is 0.151. The zero-order chi connectivity index (χ0) is 14.7. The van der Waals surface area contributed by atoms with Gasteiger partial charge in [-0.05, 0) is 19.5 Å². The number of halogens is 1. The first-order valence-electron chi connectivity index (χ1n) is 6.17. The lowest BCUT2D eigenvalue weighted by molar-refractivity contribution is -0.384. The highest BCUT2D eigenvalue weighted by Gasteiger charge is 2.22. The molecule has 0 aliphatic heterocycles. The Morgan fingerprint density at radius 2 is 2.30 bits per heavy atom. The summed E-state index contributed by atoms with van der Waals surface area (Å²) in [4.78, 5) is 14.7. The van der Waals surface area contributed by atoms with Gasteiger partial charge in [0.15, 0.2) is 5.76 Å². The molecule has 106 valence electrons. The van der Waals surface area contributed by atoms with Crippen LogP contribution < -0.4 is 5.32 Å². The largest absolute Gasteiger partial charge is 0.439 e. The van der Waals surface area contributed by atoms with Crippen molar-refractivity contribution in [2.45, 2.75) is 19.9 Å². The molecular weight excluding hydrogens is 282 g/mol. The van der Waals surface area contributed by atoms with Gasteiger partial charge in [0.05, 0.1) is 22.2 Å². The Bertz CT molecular complexity index is 627. The van der Waals surface area contributed by atoms with Crippen LogP contribution >= 0.6 is 11.6 Å². The number of nitro groups is 1. The summed E-state index contributed by atoms with van der Waals surface area (Å²) in [7, 11) is 0. The molecule has 0 saturated carbocycles. The molecule has 1 N–H and O–H groups in total. The third-order valence-corrected chi connectivity index (χ3v) is 3.15. The highest BCUT2D eigenvalue weighted by Crippen LogP contribution is 2.36. The second-order valence-corrected chi connectivity index (χ2v) is 4.64. The van der Waals surface area contributed by atoms with E-state index in [-0.39, 0.29) is 22.3 Å². The van der Waals surface area contributed by atoms with Gasteiger partial charge < -0.3 is 9.73 Å². The van der Waals surface area contributed by atoms with Crippen molar-refractivity contribution in [1.29, 1.82) is 0 Å². The third-order valence-electron chi connectivity index (χ3n) is 2.84. The monoisotopic (exact) mass is 295 g/mol. The number of benzene rings is 1. The number of hydrogen-bond acceptors (Lipinski definition) is 5. The Balaban J connectivity index is 2.45. The Morgan fingerprint density at radius 1 is 1.55 bits per heavy atom. The molecule has 0 fully saturated rings. The van der Waals surface area contributed by atoms with Crippen LogP contribution in [-0.2, 0) is 0 Å². The van der Waals surface area contributed by atoms with Crippen LogP contribution in [0.25, 0.3) is 11.3 Å². The molecule has 0 bridgehead atoms. The standard InChI is InChI=1S/C13H14ClN3O3/c1-3-15-8(2)13-16-7-11(20-13)12-9(14)5-4-6-10(12)17(18)19/h4-8,15H,3H2,1-2H3. The first kappa shape index (κ1) is 14.5. The van der Waals surface area contributed by atoms with Gasteiger partial charge in [-0.2, -0.15) is 0 Å². The van der Waals surface area contributed by atoms with Crippen LogP contribution in [0.5, 0.6) is 0 Å². The Labute approximate surface area is 120 Å². The van der Waals surface area contributed by atoms with Crippen molar-refractivity contribution < 1.29 is 9.34 Å². The van der Waals surface area contributed by atoms with Gasteiger partial charge >= 0.3 is 0 Å². The van der Waals surface area contributed by atoms with E-state index in [0.29, 0.717) is 11.7 Å². The van der Waals surface area contributed by atoms with Gasteiger partial charge in [0.2, 0.25) is 5.89 Å². The van der Waals surface area contributed by atoms with E-state index >= 15 is 0 Å². The Kier molecular flexibility index (Phi) is 4.36. The van der Waals surface area contributed by atoms with Gasteiger partial charge in [0.25, 0.3) is 5.69 Å². The first-order valence-corrected chi connectivity index (χ1v) is 6.54. The number of nitro benzene ring substituents is 1. The molecule has 20 heavy (non-hydrogen) atoms. The summed E-state index contributed by atoms with van der Waals surface area (Å²) in [5, 5.41) is 14.5. The number of oxazole rings is 1. The van der Waals surface area contributed by atoms with Gasteiger partial charge in [0, 0.05) is 6.07 Å². The quantitative estimate of drug-likeness (QED) is 0.673. The van der Waals surface area contributed by atoms with Crippen molar-refractivity contribution >= 4 is 17.3 Å².